The summed E-state index contributed by atoms with van der Waals surface area (Å²) in [6.45, 7) is 3.50. The molecule has 32 heavy (non-hydrogen) atoms. The lowest BCUT2D eigenvalue weighted by Crippen LogP contribution is -2.50. The van der Waals surface area contributed by atoms with Gasteiger partial charge >= 0.3 is 5.69 Å². The van der Waals surface area contributed by atoms with Gasteiger partial charge in [0.15, 0.2) is 0 Å². The van der Waals surface area contributed by atoms with Crippen LogP contribution in [0.2, 0.25) is 5.02 Å². The first-order valence-corrected chi connectivity index (χ1v) is 11.0. The van der Waals surface area contributed by atoms with E-state index in [-0.39, 0.29) is 18.0 Å². The van der Waals surface area contributed by atoms with Gasteiger partial charge in [-0.3, -0.25) is 19.1 Å². The number of hydrogen-bond acceptors (Lipinski definition) is 4. The number of rotatable bonds is 6. The molecule has 1 N–H and O–H groups in total. The molecule has 0 aliphatic carbocycles. The summed E-state index contributed by atoms with van der Waals surface area (Å²) in [5.41, 5.74) is 0.716. The zero-order valence-corrected chi connectivity index (χ0v) is 18.4. The van der Waals surface area contributed by atoms with Gasteiger partial charge in [-0.1, -0.05) is 60.1 Å². The highest BCUT2D eigenvalue weighted by atomic mass is 35.5. The predicted octanol–water partition coefficient (Wildman–Crippen LogP) is 2.24. The minimum atomic E-state index is -0.606. The van der Waals surface area contributed by atoms with Crippen LogP contribution in [0.15, 0.2) is 70.4 Å². The fourth-order valence-electron chi connectivity index (χ4n) is 3.88. The van der Waals surface area contributed by atoms with Crippen LogP contribution in [0.1, 0.15) is 21.5 Å². The molecule has 0 saturated carbocycles. The van der Waals surface area contributed by atoms with Crippen molar-refractivity contribution < 1.29 is 4.79 Å². The minimum absolute atomic E-state index is 0.00221. The molecule has 166 valence electrons. The number of hydrogen-bond donors (Lipinski definition) is 1. The molecule has 7 nitrogen and oxygen atoms in total. The van der Waals surface area contributed by atoms with Crippen LogP contribution < -0.4 is 11.2 Å². The summed E-state index contributed by atoms with van der Waals surface area (Å²) in [5.74, 6) is -0.359. The zero-order valence-electron chi connectivity index (χ0n) is 17.7. The van der Waals surface area contributed by atoms with E-state index in [1.807, 2.05) is 18.2 Å². The van der Waals surface area contributed by atoms with Crippen molar-refractivity contribution in [2.24, 2.45) is 0 Å². The first-order chi connectivity index (χ1) is 15.5. The van der Waals surface area contributed by atoms with Crippen molar-refractivity contribution in [1.82, 2.24) is 19.4 Å². The van der Waals surface area contributed by atoms with Crippen molar-refractivity contribution in [2.45, 2.75) is 13.0 Å². The van der Waals surface area contributed by atoms with Crippen molar-refractivity contribution in [3.63, 3.8) is 0 Å². The standard InChI is InChI=1S/C24H25ClN4O3/c25-21-9-5-4-8-19(21)17-29-23(31)20(16-26-24(29)32)22(30)28-14-12-27(13-15-28)11-10-18-6-2-1-3-7-18/h1-9,16H,10-15,17H2,(H,26,32). The molecule has 1 saturated heterocycles. The first-order valence-electron chi connectivity index (χ1n) is 10.6. The smallest absolute Gasteiger partial charge is 0.328 e. The van der Waals surface area contributed by atoms with Gasteiger partial charge < -0.3 is 9.88 Å². The summed E-state index contributed by atoms with van der Waals surface area (Å²) >= 11 is 6.17. The molecule has 1 aromatic heterocycles. The lowest BCUT2D eigenvalue weighted by atomic mass is 10.1. The Balaban J connectivity index is 1.42. The van der Waals surface area contributed by atoms with Gasteiger partial charge in [0.05, 0.1) is 6.54 Å². The minimum Gasteiger partial charge on any atom is -0.336 e. The number of carbonyl (C=O) groups excluding carboxylic acids is 1. The molecule has 0 radical (unpaired) electrons. The second-order valence-electron chi connectivity index (χ2n) is 7.86. The highest BCUT2D eigenvalue weighted by Crippen LogP contribution is 2.15. The first kappa shape index (κ1) is 22.0. The summed E-state index contributed by atoms with van der Waals surface area (Å²) in [5, 5.41) is 0.460. The number of piperazine rings is 1. The van der Waals surface area contributed by atoms with Crippen molar-refractivity contribution in [3.05, 3.63) is 103 Å². The average molecular weight is 453 g/mol. The maximum Gasteiger partial charge on any atom is 0.328 e. The Morgan fingerprint density at radius 1 is 0.938 bits per heavy atom. The van der Waals surface area contributed by atoms with Crippen LogP contribution in [0.3, 0.4) is 0 Å². The van der Waals surface area contributed by atoms with E-state index in [1.54, 1.807) is 29.2 Å². The Morgan fingerprint density at radius 2 is 1.62 bits per heavy atom. The number of carbonyl (C=O) groups is 1. The summed E-state index contributed by atoms with van der Waals surface area (Å²) < 4.78 is 1.02. The quantitative estimate of drug-likeness (QED) is 0.622. The molecule has 0 atom stereocenters. The number of benzene rings is 2. The van der Waals surface area contributed by atoms with Crippen molar-refractivity contribution in [1.29, 1.82) is 0 Å². The van der Waals surface area contributed by atoms with E-state index in [1.165, 1.54) is 11.8 Å². The lowest BCUT2D eigenvalue weighted by molar-refractivity contribution is 0.0635. The molecule has 1 aliphatic rings. The summed E-state index contributed by atoms with van der Waals surface area (Å²) in [7, 11) is 0. The van der Waals surface area contributed by atoms with Gasteiger partial charge in [-0.05, 0) is 23.6 Å². The van der Waals surface area contributed by atoms with Crippen LogP contribution in [0.25, 0.3) is 0 Å². The highest BCUT2D eigenvalue weighted by Gasteiger charge is 2.25. The van der Waals surface area contributed by atoms with Crippen LogP contribution in [0, 0.1) is 0 Å². The second-order valence-corrected chi connectivity index (χ2v) is 8.27. The molecule has 0 bridgehead atoms. The van der Waals surface area contributed by atoms with Gasteiger partial charge in [0.1, 0.15) is 5.56 Å². The van der Waals surface area contributed by atoms with Gasteiger partial charge in [0.25, 0.3) is 11.5 Å². The average Bonchev–Trinajstić information content (AvgIpc) is 2.82. The van der Waals surface area contributed by atoms with Crippen LogP contribution in [0.4, 0.5) is 0 Å². The Bertz CT molecular complexity index is 1200. The Morgan fingerprint density at radius 3 is 2.34 bits per heavy atom. The van der Waals surface area contributed by atoms with E-state index in [9.17, 15) is 14.4 Å². The van der Waals surface area contributed by atoms with E-state index in [0.717, 1.165) is 30.6 Å². The fraction of sp³-hybridized carbons (Fsp3) is 0.292. The summed E-state index contributed by atoms with van der Waals surface area (Å²) in [4.78, 5) is 44.8. The number of H-pyrrole nitrogens is 1. The summed E-state index contributed by atoms with van der Waals surface area (Å²) in [6.07, 6.45) is 2.18. The van der Waals surface area contributed by atoms with Crippen LogP contribution >= 0.6 is 11.6 Å². The second kappa shape index (κ2) is 9.97. The lowest BCUT2D eigenvalue weighted by Gasteiger charge is -2.34. The maximum absolute atomic E-state index is 13.0. The number of nitrogens with zero attached hydrogens (tertiary/aromatic N) is 3. The molecular formula is C24H25ClN4O3. The number of halogens is 1. The molecule has 1 amide bonds. The van der Waals surface area contributed by atoms with Gasteiger partial charge in [0.2, 0.25) is 0 Å². The van der Waals surface area contributed by atoms with Gasteiger partial charge in [0, 0.05) is 43.9 Å². The van der Waals surface area contributed by atoms with Gasteiger partial charge in [-0.25, -0.2) is 4.79 Å². The van der Waals surface area contributed by atoms with Crippen molar-refractivity contribution in [2.75, 3.05) is 32.7 Å². The number of aromatic amines is 1. The third-order valence-corrected chi connectivity index (χ3v) is 6.17. The van der Waals surface area contributed by atoms with E-state index in [2.05, 4.69) is 22.0 Å². The third-order valence-electron chi connectivity index (χ3n) is 5.80. The van der Waals surface area contributed by atoms with Gasteiger partial charge in [-0.2, -0.15) is 0 Å². The molecule has 3 aromatic rings. The third kappa shape index (κ3) is 5.00. The summed E-state index contributed by atoms with van der Waals surface area (Å²) in [6, 6.07) is 17.3. The highest BCUT2D eigenvalue weighted by molar-refractivity contribution is 6.31. The van der Waals surface area contributed by atoms with Crippen molar-refractivity contribution >= 4 is 17.5 Å². The SMILES string of the molecule is O=C(c1c[nH]c(=O)n(Cc2ccccc2Cl)c1=O)N1CCN(CCc2ccccc2)CC1. The van der Waals surface area contributed by atoms with E-state index in [4.69, 9.17) is 11.6 Å². The van der Waals surface area contributed by atoms with Gasteiger partial charge in [-0.15, -0.1) is 0 Å². The molecule has 1 fully saturated rings. The molecule has 8 heteroatoms. The molecule has 0 unspecified atom stereocenters. The number of aromatic nitrogens is 2. The van der Waals surface area contributed by atoms with Crippen LogP contribution in [-0.4, -0.2) is 58.0 Å². The van der Waals surface area contributed by atoms with Crippen molar-refractivity contribution in [3.8, 4) is 0 Å². The number of nitrogens with one attached hydrogen (secondary N) is 1. The Kier molecular flexibility index (Phi) is 6.87. The molecule has 2 heterocycles. The molecule has 2 aromatic carbocycles. The zero-order chi connectivity index (χ0) is 22.5. The van der Waals surface area contributed by atoms with Crippen LogP contribution in [-0.2, 0) is 13.0 Å². The Labute approximate surface area is 190 Å². The molecule has 4 rings (SSSR count). The number of amides is 1. The maximum atomic E-state index is 13.0. The molecule has 0 spiro atoms. The fourth-order valence-corrected chi connectivity index (χ4v) is 4.08. The molecule has 1 aliphatic heterocycles. The van der Waals surface area contributed by atoms with E-state index < -0.39 is 11.2 Å². The van der Waals surface area contributed by atoms with Crippen LogP contribution in [0.5, 0.6) is 0 Å². The monoisotopic (exact) mass is 452 g/mol. The largest absolute Gasteiger partial charge is 0.336 e. The topological polar surface area (TPSA) is 78.4 Å². The van der Waals surface area contributed by atoms with E-state index in [0.29, 0.717) is 23.7 Å². The molecular weight excluding hydrogens is 428 g/mol. The normalized spacial score (nSPS) is 14.5. The Hall–Kier alpha value is -3.16. The van der Waals surface area contributed by atoms with E-state index >= 15 is 0 Å². The predicted molar refractivity (Wildman–Crippen MR) is 124 cm³/mol.